The van der Waals surface area contributed by atoms with Crippen LogP contribution in [0.5, 0.6) is 0 Å². The van der Waals surface area contributed by atoms with Gasteiger partial charge in [-0.2, -0.15) is 5.10 Å². The van der Waals surface area contributed by atoms with Crippen LogP contribution in [0.4, 0.5) is 0 Å². The van der Waals surface area contributed by atoms with Crippen LogP contribution in [0.15, 0.2) is 24.5 Å². The third-order valence-electron chi connectivity index (χ3n) is 3.52. The maximum absolute atomic E-state index is 6.24. The molecule has 1 unspecified atom stereocenters. The van der Waals surface area contributed by atoms with Crippen molar-refractivity contribution in [1.82, 2.24) is 20.1 Å². The standard InChI is InChI=1S/C15H21ClN4/c1-4-17-14(9-15-18-10-19-20(15)5-2)12-7-6-8-13(16)11(12)3/h6-8,10,14,17H,4-5,9H2,1-3H3. The van der Waals surface area contributed by atoms with E-state index in [2.05, 4.69) is 42.2 Å². The van der Waals surface area contributed by atoms with E-state index in [4.69, 9.17) is 11.6 Å². The Balaban J connectivity index is 2.29. The van der Waals surface area contributed by atoms with Gasteiger partial charge in [0.25, 0.3) is 0 Å². The molecule has 0 spiro atoms. The van der Waals surface area contributed by atoms with Crippen molar-refractivity contribution in [2.45, 2.75) is 39.8 Å². The second kappa shape index (κ2) is 6.86. The fraction of sp³-hybridized carbons (Fsp3) is 0.467. The van der Waals surface area contributed by atoms with Crippen LogP contribution in [0.1, 0.15) is 36.8 Å². The number of hydrogen-bond acceptors (Lipinski definition) is 3. The lowest BCUT2D eigenvalue weighted by Gasteiger charge is -2.20. The summed E-state index contributed by atoms with van der Waals surface area (Å²) in [5.74, 6) is 0.998. The molecule has 0 bridgehead atoms. The molecule has 108 valence electrons. The SMILES string of the molecule is CCNC(Cc1ncnn1CC)c1cccc(Cl)c1C. The van der Waals surface area contributed by atoms with E-state index in [1.54, 1.807) is 6.33 Å². The molecule has 0 amide bonds. The maximum atomic E-state index is 6.24. The zero-order valence-electron chi connectivity index (χ0n) is 12.2. The Bertz CT molecular complexity index is 565. The average Bonchev–Trinajstić information content (AvgIpc) is 2.89. The van der Waals surface area contributed by atoms with Gasteiger partial charge >= 0.3 is 0 Å². The molecule has 0 radical (unpaired) electrons. The van der Waals surface area contributed by atoms with Gasteiger partial charge in [-0.05, 0) is 37.6 Å². The van der Waals surface area contributed by atoms with Crippen molar-refractivity contribution in [2.75, 3.05) is 6.54 Å². The highest BCUT2D eigenvalue weighted by atomic mass is 35.5. The maximum Gasteiger partial charge on any atom is 0.138 e. The van der Waals surface area contributed by atoms with Gasteiger partial charge in [-0.1, -0.05) is 30.7 Å². The summed E-state index contributed by atoms with van der Waals surface area (Å²) < 4.78 is 1.93. The number of halogens is 1. The lowest BCUT2D eigenvalue weighted by atomic mass is 9.98. The second-order valence-electron chi connectivity index (χ2n) is 4.76. The van der Waals surface area contributed by atoms with Gasteiger partial charge in [0.15, 0.2) is 0 Å². The van der Waals surface area contributed by atoms with E-state index < -0.39 is 0 Å². The number of rotatable bonds is 6. The van der Waals surface area contributed by atoms with Crippen LogP contribution in [0.25, 0.3) is 0 Å². The van der Waals surface area contributed by atoms with Crippen molar-refractivity contribution in [3.63, 3.8) is 0 Å². The molecule has 2 aromatic rings. The molecule has 0 fully saturated rings. The van der Waals surface area contributed by atoms with Crippen LogP contribution in [0, 0.1) is 6.92 Å². The van der Waals surface area contributed by atoms with Crippen molar-refractivity contribution in [1.29, 1.82) is 0 Å². The molecule has 1 aromatic carbocycles. The topological polar surface area (TPSA) is 42.7 Å². The second-order valence-corrected chi connectivity index (χ2v) is 5.17. The molecular weight excluding hydrogens is 272 g/mol. The number of likely N-dealkylation sites (N-methyl/N-ethyl adjacent to an activating group) is 1. The van der Waals surface area contributed by atoms with Gasteiger partial charge in [0.05, 0.1) is 0 Å². The predicted molar refractivity (Wildman–Crippen MR) is 82.0 cm³/mol. The molecule has 4 nitrogen and oxygen atoms in total. The minimum atomic E-state index is 0.202. The van der Waals surface area contributed by atoms with E-state index in [0.717, 1.165) is 35.9 Å². The number of aryl methyl sites for hydroxylation is 1. The van der Waals surface area contributed by atoms with E-state index in [1.165, 1.54) is 5.56 Å². The fourth-order valence-electron chi connectivity index (χ4n) is 2.43. The number of nitrogens with one attached hydrogen (secondary N) is 1. The predicted octanol–water partition coefficient (Wildman–Crippen LogP) is 3.15. The lowest BCUT2D eigenvalue weighted by Crippen LogP contribution is -2.25. The molecule has 0 aliphatic heterocycles. The van der Waals surface area contributed by atoms with Crippen molar-refractivity contribution in [3.8, 4) is 0 Å². The highest BCUT2D eigenvalue weighted by molar-refractivity contribution is 6.31. The highest BCUT2D eigenvalue weighted by Gasteiger charge is 2.17. The third kappa shape index (κ3) is 3.19. The van der Waals surface area contributed by atoms with Crippen molar-refractivity contribution in [3.05, 3.63) is 46.5 Å². The first-order chi connectivity index (χ1) is 9.67. The van der Waals surface area contributed by atoms with Gasteiger partial charge in [0.2, 0.25) is 0 Å². The Hall–Kier alpha value is -1.39. The molecule has 0 saturated carbocycles. The molecule has 1 atom stereocenters. The summed E-state index contributed by atoms with van der Waals surface area (Å²) in [6, 6.07) is 6.26. The van der Waals surface area contributed by atoms with Crippen LogP contribution < -0.4 is 5.32 Å². The summed E-state index contributed by atoms with van der Waals surface area (Å²) in [5.41, 5.74) is 2.35. The summed E-state index contributed by atoms with van der Waals surface area (Å²) >= 11 is 6.24. The smallest absolute Gasteiger partial charge is 0.138 e. The van der Waals surface area contributed by atoms with Gasteiger partial charge < -0.3 is 5.32 Å². The Morgan fingerprint density at radius 2 is 2.15 bits per heavy atom. The Morgan fingerprint density at radius 1 is 1.35 bits per heavy atom. The number of aromatic nitrogens is 3. The van der Waals surface area contributed by atoms with E-state index >= 15 is 0 Å². The zero-order chi connectivity index (χ0) is 14.5. The van der Waals surface area contributed by atoms with Crippen molar-refractivity contribution in [2.24, 2.45) is 0 Å². The number of nitrogens with zero attached hydrogens (tertiary/aromatic N) is 3. The first-order valence-electron chi connectivity index (χ1n) is 7.02. The zero-order valence-corrected chi connectivity index (χ0v) is 13.0. The molecule has 20 heavy (non-hydrogen) atoms. The normalized spacial score (nSPS) is 12.6. The van der Waals surface area contributed by atoms with Crippen molar-refractivity contribution >= 4 is 11.6 Å². The molecule has 0 aliphatic carbocycles. The number of benzene rings is 1. The van der Waals surface area contributed by atoms with Crippen LogP contribution in [0.3, 0.4) is 0 Å². The molecule has 2 rings (SSSR count). The van der Waals surface area contributed by atoms with E-state index in [1.807, 2.05) is 16.8 Å². The van der Waals surface area contributed by atoms with E-state index in [-0.39, 0.29) is 6.04 Å². The van der Waals surface area contributed by atoms with Crippen molar-refractivity contribution < 1.29 is 0 Å². The third-order valence-corrected chi connectivity index (χ3v) is 3.93. The molecule has 1 N–H and O–H groups in total. The van der Waals surface area contributed by atoms with E-state index in [0.29, 0.717) is 0 Å². The molecule has 1 aromatic heterocycles. The van der Waals surface area contributed by atoms with Gasteiger partial charge in [-0.3, -0.25) is 4.68 Å². The Morgan fingerprint density at radius 3 is 2.85 bits per heavy atom. The van der Waals surface area contributed by atoms with Crippen LogP contribution in [-0.2, 0) is 13.0 Å². The van der Waals surface area contributed by atoms with Crippen LogP contribution in [0.2, 0.25) is 5.02 Å². The Kier molecular flexibility index (Phi) is 5.15. The van der Waals surface area contributed by atoms with Gasteiger partial charge in [-0.25, -0.2) is 4.98 Å². The quantitative estimate of drug-likeness (QED) is 0.889. The Labute approximate surface area is 125 Å². The van der Waals surface area contributed by atoms with E-state index in [9.17, 15) is 0 Å². The summed E-state index contributed by atoms with van der Waals surface area (Å²) in [6.07, 6.45) is 2.43. The minimum absolute atomic E-state index is 0.202. The molecule has 1 heterocycles. The molecular formula is C15H21ClN4. The lowest BCUT2D eigenvalue weighted by molar-refractivity contribution is 0.508. The molecule has 0 saturated heterocycles. The van der Waals surface area contributed by atoms with Gasteiger partial charge in [0, 0.05) is 24.0 Å². The first-order valence-corrected chi connectivity index (χ1v) is 7.40. The molecule has 0 aliphatic rings. The molecule has 5 heteroatoms. The number of hydrogen-bond donors (Lipinski definition) is 1. The summed E-state index contributed by atoms with van der Waals surface area (Å²) in [4.78, 5) is 4.37. The minimum Gasteiger partial charge on any atom is -0.310 e. The van der Waals surface area contributed by atoms with Gasteiger partial charge in [-0.15, -0.1) is 0 Å². The monoisotopic (exact) mass is 292 g/mol. The summed E-state index contributed by atoms with van der Waals surface area (Å²) in [5, 5.41) is 8.56. The van der Waals surface area contributed by atoms with Crippen LogP contribution >= 0.6 is 11.6 Å². The summed E-state index contributed by atoms with van der Waals surface area (Å²) in [6.45, 7) is 7.98. The summed E-state index contributed by atoms with van der Waals surface area (Å²) in [7, 11) is 0. The van der Waals surface area contributed by atoms with Crippen LogP contribution in [-0.4, -0.2) is 21.3 Å². The highest BCUT2D eigenvalue weighted by Crippen LogP contribution is 2.26. The average molecular weight is 293 g/mol. The first kappa shape index (κ1) is 15.0. The van der Waals surface area contributed by atoms with Gasteiger partial charge in [0.1, 0.15) is 12.2 Å². The fourth-order valence-corrected chi connectivity index (χ4v) is 2.61. The largest absolute Gasteiger partial charge is 0.310 e.